The van der Waals surface area contributed by atoms with Crippen molar-refractivity contribution in [1.82, 2.24) is 0 Å². The van der Waals surface area contributed by atoms with Crippen LogP contribution >= 0.6 is 0 Å². The van der Waals surface area contributed by atoms with Gasteiger partial charge in [-0.2, -0.15) is 13.2 Å². The fraction of sp³-hybridized carbons (Fsp3) is 0.143. The van der Waals surface area contributed by atoms with E-state index >= 15 is 0 Å². The van der Waals surface area contributed by atoms with Crippen LogP contribution in [0.15, 0.2) is 18.2 Å². The minimum Gasteiger partial charge on any atom is -0.258 e. The van der Waals surface area contributed by atoms with Crippen LogP contribution < -0.4 is 0 Å². The first-order chi connectivity index (χ1) is 6.82. The molecule has 0 saturated carbocycles. The summed E-state index contributed by atoms with van der Waals surface area (Å²) in [5, 5.41) is 9.98. The van der Waals surface area contributed by atoms with Gasteiger partial charge in [0.2, 0.25) is 0 Å². The Morgan fingerprint density at radius 3 is 1.67 bits per heavy atom. The molecule has 0 saturated heterocycles. The zero-order valence-corrected chi connectivity index (χ0v) is 6.96. The zero-order valence-electron chi connectivity index (χ0n) is 6.96. The van der Waals surface area contributed by atoms with Crippen LogP contribution in [0.1, 0.15) is 0 Å². The van der Waals surface area contributed by atoms with Gasteiger partial charge in [0, 0.05) is 6.07 Å². The molecular weight excluding hydrogens is 225 g/mol. The Kier molecular flexibility index (Phi) is 5.21. The van der Waals surface area contributed by atoms with E-state index in [2.05, 4.69) is 0 Å². The average Bonchev–Trinajstić information content (AvgIpc) is 2.00. The van der Waals surface area contributed by atoms with Crippen LogP contribution in [-0.4, -0.2) is 11.6 Å². The number of rotatable bonds is 1. The molecule has 3 nitrogen and oxygen atoms in total. The second-order valence-corrected chi connectivity index (χ2v) is 2.13. The highest BCUT2D eigenvalue weighted by Gasteiger charge is 2.08. The summed E-state index contributed by atoms with van der Waals surface area (Å²) in [7, 11) is 0. The Balaban J connectivity index is 0.000000423. The molecule has 0 aromatic heterocycles. The molecule has 1 rings (SSSR count). The summed E-state index contributed by atoms with van der Waals surface area (Å²) >= 11 is 0. The van der Waals surface area contributed by atoms with Crippen LogP contribution in [0.5, 0.6) is 0 Å². The van der Waals surface area contributed by atoms with Crippen LogP contribution in [-0.2, 0) is 0 Å². The maximum Gasteiger partial charge on any atom is 0.379 e. The van der Waals surface area contributed by atoms with Crippen LogP contribution in [0, 0.1) is 21.7 Å². The maximum absolute atomic E-state index is 12.2. The molecule has 0 heterocycles. The number of nitro groups is 1. The molecule has 0 spiro atoms. The fourth-order valence-corrected chi connectivity index (χ4v) is 0.645. The van der Waals surface area contributed by atoms with Crippen molar-refractivity contribution < 1.29 is 26.9 Å². The van der Waals surface area contributed by atoms with Gasteiger partial charge in [0.15, 0.2) is 0 Å². The highest BCUT2D eigenvalue weighted by Crippen LogP contribution is 2.14. The van der Waals surface area contributed by atoms with Gasteiger partial charge in [-0.15, -0.1) is 0 Å². The van der Waals surface area contributed by atoms with Gasteiger partial charge in [0.1, 0.15) is 11.6 Å². The summed E-state index contributed by atoms with van der Waals surface area (Å²) in [4.78, 5) is 9.12. The molecule has 0 aliphatic rings. The quantitative estimate of drug-likeness (QED) is 0.422. The lowest BCUT2D eigenvalue weighted by Gasteiger charge is -1.91. The molecule has 0 N–H and O–H groups in total. The Bertz CT molecular complexity index is 321. The van der Waals surface area contributed by atoms with E-state index in [1.165, 1.54) is 0 Å². The van der Waals surface area contributed by atoms with Crippen molar-refractivity contribution in [3.63, 3.8) is 0 Å². The molecule has 0 aliphatic heterocycles. The standard InChI is InChI=1S/C6H3F2NO2.CHF3/c7-4-1-5(8)3-6(2-4)9(10)11;2-1(3)4/h1-3H;1H. The van der Waals surface area contributed by atoms with Gasteiger partial charge >= 0.3 is 6.68 Å². The maximum atomic E-state index is 12.2. The van der Waals surface area contributed by atoms with Crippen molar-refractivity contribution in [2.24, 2.45) is 0 Å². The Labute approximate surface area is 80.3 Å². The Morgan fingerprint density at radius 1 is 1.07 bits per heavy atom. The highest BCUT2D eigenvalue weighted by molar-refractivity contribution is 5.30. The molecule has 84 valence electrons. The SMILES string of the molecule is FC(F)F.O=[N+]([O-])c1cc(F)cc(F)c1. The third-order valence-electron chi connectivity index (χ3n) is 1.06. The first-order valence-electron chi connectivity index (χ1n) is 3.35. The summed E-state index contributed by atoms with van der Waals surface area (Å²) in [6, 6.07) is 1.89. The van der Waals surface area contributed by atoms with Gasteiger partial charge < -0.3 is 0 Å². The second kappa shape index (κ2) is 5.89. The van der Waals surface area contributed by atoms with E-state index in [1.54, 1.807) is 0 Å². The number of hydrogen-bond donors (Lipinski definition) is 0. The number of benzene rings is 1. The second-order valence-electron chi connectivity index (χ2n) is 2.13. The smallest absolute Gasteiger partial charge is 0.258 e. The van der Waals surface area contributed by atoms with Crippen molar-refractivity contribution in [2.45, 2.75) is 6.68 Å². The lowest BCUT2D eigenvalue weighted by Crippen LogP contribution is -1.90. The minimum atomic E-state index is -3.67. The molecule has 0 unspecified atom stereocenters. The molecule has 0 amide bonds. The van der Waals surface area contributed by atoms with E-state index in [0.717, 1.165) is 0 Å². The van der Waals surface area contributed by atoms with Gasteiger partial charge in [-0.05, 0) is 0 Å². The van der Waals surface area contributed by atoms with E-state index in [1.807, 2.05) is 0 Å². The van der Waals surface area contributed by atoms with Gasteiger partial charge in [0.05, 0.1) is 17.1 Å². The molecule has 15 heavy (non-hydrogen) atoms. The van der Waals surface area contributed by atoms with Crippen molar-refractivity contribution in [1.29, 1.82) is 0 Å². The Hall–Kier alpha value is -1.73. The summed E-state index contributed by atoms with van der Waals surface area (Å²) in [6.45, 7) is -3.67. The molecule has 8 heteroatoms. The fourth-order valence-electron chi connectivity index (χ4n) is 0.645. The summed E-state index contributed by atoms with van der Waals surface area (Å²) in [6.07, 6.45) is 0. The van der Waals surface area contributed by atoms with E-state index in [9.17, 15) is 32.1 Å². The summed E-state index contributed by atoms with van der Waals surface area (Å²) < 4.78 is 53.5. The minimum absolute atomic E-state index is 0.576. The number of hydrogen-bond acceptors (Lipinski definition) is 2. The van der Waals surface area contributed by atoms with Gasteiger partial charge in [-0.1, -0.05) is 0 Å². The third-order valence-corrected chi connectivity index (χ3v) is 1.06. The zero-order chi connectivity index (χ0) is 12.0. The van der Waals surface area contributed by atoms with Crippen LogP contribution in [0.2, 0.25) is 0 Å². The monoisotopic (exact) mass is 229 g/mol. The first kappa shape index (κ1) is 13.3. The van der Waals surface area contributed by atoms with Crippen molar-refractivity contribution in [3.8, 4) is 0 Å². The van der Waals surface area contributed by atoms with Gasteiger partial charge in [-0.25, -0.2) is 8.78 Å². The van der Waals surface area contributed by atoms with Crippen LogP contribution in [0.4, 0.5) is 27.6 Å². The van der Waals surface area contributed by atoms with E-state index in [0.29, 0.717) is 18.2 Å². The van der Waals surface area contributed by atoms with Crippen LogP contribution in [0.25, 0.3) is 0 Å². The molecule has 0 atom stereocenters. The predicted octanol–water partition coefficient (Wildman–Crippen LogP) is 3.05. The number of nitro benzene ring substituents is 1. The number of nitrogens with zero attached hydrogens (tertiary/aromatic N) is 1. The molecule has 1 aromatic rings. The largest absolute Gasteiger partial charge is 0.379 e. The van der Waals surface area contributed by atoms with Crippen molar-refractivity contribution >= 4 is 5.69 Å². The Morgan fingerprint density at radius 2 is 1.40 bits per heavy atom. The van der Waals surface area contributed by atoms with Crippen molar-refractivity contribution in [2.75, 3.05) is 0 Å². The highest BCUT2D eigenvalue weighted by atomic mass is 19.4. The molecule has 0 bridgehead atoms. The number of non-ortho nitro benzene ring substituents is 1. The summed E-state index contributed by atoms with van der Waals surface area (Å²) in [5.41, 5.74) is -0.581. The average molecular weight is 229 g/mol. The summed E-state index contributed by atoms with van der Waals surface area (Å²) in [5.74, 6) is -1.90. The first-order valence-corrected chi connectivity index (χ1v) is 3.35. The van der Waals surface area contributed by atoms with Crippen molar-refractivity contribution in [3.05, 3.63) is 39.9 Å². The topological polar surface area (TPSA) is 43.1 Å². The van der Waals surface area contributed by atoms with E-state index < -0.39 is 28.9 Å². The molecule has 0 fully saturated rings. The number of halogens is 5. The molecule has 0 radical (unpaired) electrons. The van der Waals surface area contributed by atoms with Crippen LogP contribution in [0.3, 0.4) is 0 Å². The van der Waals surface area contributed by atoms with Gasteiger partial charge in [-0.3, -0.25) is 10.1 Å². The van der Waals surface area contributed by atoms with Gasteiger partial charge in [0.25, 0.3) is 5.69 Å². The number of alkyl halides is 3. The van der Waals surface area contributed by atoms with E-state index in [-0.39, 0.29) is 0 Å². The predicted molar refractivity (Wildman–Crippen MR) is 40.1 cm³/mol. The molecule has 0 aliphatic carbocycles. The molecular formula is C7H4F5NO2. The van der Waals surface area contributed by atoms with E-state index in [4.69, 9.17) is 0 Å². The lowest BCUT2D eigenvalue weighted by molar-refractivity contribution is -0.385. The lowest BCUT2D eigenvalue weighted by atomic mass is 10.3. The molecule has 1 aromatic carbocycles. The normalized spacial score (nSPS) is 9.47. The third kappa shape index (κ3) is 6.36.